The summed E-state index contributed by atoms with van der Waals surface area (Å²) < 4.78 is 5.31. The van der Waals surface area contributed by atoms with Crippen molar-refractivity contribution in [1.82, 2.24) is 9.80 Å². The number of piperazine rings is 1. The van der Waals surface area contributed by atoms with Crippen LogP contribution in [0.1, 0.15) is 53.3 Å². The third-order valence-electron chi connectivity index (χ3n) is 6.71. The Hall–Kier alpha value is -4.10. The molecule has 7 heteroatoms. The Kier molecular flexibility index (Phi) is 6.48. The van der Waals surface area contributed by atoms with Gasteiger partial charge in [0.15, 0.2) is 18.2 Å². The van der Waals surface area contributed by atoms with Gasteiger partial charge in [0.1, 0.15) is 0 Å². The van der Waals surface area contributed by atoms with E-state index in [1.165, 1.54) is 23.3 Å². The fourth-order valence-electron chi connectivity index (χ4n) is 4.84. The smallest absolute Gasteiger partial charge is 0.339 e. The number of amides is 1. The number of ether oxygens (including phenoxy) is 1. The molecule has 7 nitrogen and oxygen atoms in total. The van der Waals surface area contributed by atoms with Crippen LogP contribution < -0.4 is 0 Å². The Labute approximate surface area is 209 Å². The summed E-state index contributed by atoms with van der Waals surface area (Å²) in [5.41, 5.74) is 3.24. The van der Waals surface area contributed by atoms with E-state index in [-0.39, 0.29) is 33.9 Å². The van der Waals surface area contributed by atoms with E-state index in [0.717, 1.165) is 19.6 Å². The van der Waals surface area contributed by atoms with Gasteiger partial charge >= 0.3 is 5.97 Å². The van der Waals surface area contributed by atoms with Crippen LogP contribution >= 0.6 is 0 Å². The Morgan fingerprint density at radius 2 is 1.47 bits per heavy atom. The van der Waals surface area contributed by atoms with Gasteiger partial charge in [-0.1, -0.05) is 66.2 Å². The highest BCUT2D eigenvalue weighted by molar-refractivity contribution is 6.30. The van der Waals surface area contributed by atoms with Gasteiger partial charge < -0.3 is 9.64 Å². The van der Waals surface area contributed by atoms with E-state index in [4.69, 9.17) is 4.74 Å². The molecular formula is C29H26N2O5. The summed E-state index contributed by atoms with van der Waals surface area (Å²) in [5.74, 6) is -1.78. The Morgan fingerprint density at radius 1 is 0.806 bits per heavy atom. The molecule has 0 unspecified atom stereocenters. The van der Waals surface area contributed by atoms with Gasteiger partial charge in [-0.2, -0.15) is 0 Å². The van der Waals surface area contributed by atoms with Crippen molar-refractivity contribution in [3.63, 3.8) is 0 Å². The lowest BCUT2D eigenvalue weighted by Crippen LogP contribution is -2.49. The molecule has 0 saturated carbocycles. The van der Waals surface area contributed by atoms with Gasteiger partial charge in [-0.3, -0.25) is 19.3 Å². The van der Waals surface area contributed by atoms with E-state index in [1.807, 2.05) is 6.07 Å². The van der Waals surface area contributed by atoms with Crippen LogP contribution in [0.2, 0.25) is 0 Å². The monoisotopic (exact) mass is 482 g/mol. The van der Waals surface area contributed by atoms with Crippen LogP contribution in [0.25, 0.3) is 0 Å². The van der Waals surface area contributed by atoms with Crippen LogP contribution in [0.4, 0.5) is 0 Å². The van der Waals surface area contributed by atoms with Gasteiger partial charge in [0.25, 0.3) is 5.91 Å². The number of carbonyl (C=O) groups is 4. The van der Waals surface area contributed by atoms with Crippen molar-refractivity contribution in [3.05, 3.63) is 106 Å². The molecule has 0 atom stereocenters. The molecule has 3 aromatic rings. The van der Waals surface area contributed by atoms with Crippen molar-refractivity contribution in [1.29, 1.82) is 0 Å². The largest absolute Gasteiger partial charge is 0.452 e. The van der Waals surface area contributed by atoms with Crippen molar-refractivity contribution >= 4 is 23.4 Å². The number of hydrogen-bond donors (Lipinski definition) is 0. The highest BCUT2D eigenvalue weighted by atomic mass is 16.5. The quantitative estimate of drug-likeness (QED) is 0.406. The van der Waals surface area contributed by atoms with E-state index in [2.05, 4.69) is 30.0 Å². The molecule has 1 aliphatic heterocycles. The first kappa shape index (κ1) is 23.6. The summed E-state index contributed by atoms with van der Waals surface area (Å²) >= 11 is 0. The SMILES string of the molecule is Cc1cccc(CN2CCN(C(=O)COC(=O)c3cccc4c3C(=O)c3ccccc3C4=O)CC2)c1. The first-order valence-corrected chi connectivity index (χ1v) is 12.0. The van der Waals surface area contributed by atoms with Gasteiger partial charge in [-0.25, -0.2) is 4.79 Å². The van der Waals surface area contributed by atoms with Gasteiger partial charge in [-0.05, 0) is 18.6 Å². The minimum Gasteiger partial charge on any atom is -0.452 e. The number of benzene rings is 3. The number of rotatable bonds is 5. The van der Waals surface area contributed by atoms with Gasteiger partial charge in [-0.15, -0.1) is 0 Å². The topological polar surface area (TPSA) is 84.0 Å². The lowest BCUT2D eigenvalue weighted by molar-refractivity contribution is -0.136. The highest BCUT2D eigenvalue weighted by Crippen LogP contribution is 2.29. The molecule has 0 spiro atoms. The minimum atomic E-state index is -0.793. The highest BCUT2D eigenvalue weighted by Gasteiger charge is 2.33. The average molecular weight is 483 g/mol. The van der Waals surface area contributed by atoms with Crippen molar-refractivity contribution in [2.75, 3.05) is 32.8 Å². The number of fused-ring (bicyclic) bond motifs is 2. The maximum absolute atomic E-state index is 13.1. The van der Waals surface area contributed by atoms with Crippen molar-refractivity contribution in [3.8, 4) is 0 Å². The molecule has 1 aliphatic carbocycles. The third-order valence-corrected chi connectivity index (χ3v) is 6.71. The molecule has 36 heavy (non-hydrogen) atoms. The molecule has 1 saturated heterocycles. The number of nitrogens with zero attached hydrogens (tertiary/aromatic N) is 2. The Balaban J connectivity index is 1.20. The van der Waals surface area contributed by atoms with Crippen LogP contribution in [0.5, 0.6) is 0 Å². The number of aryl methyl sites for hydroxylation is 1. The molecule has 0 radical (unpaired) electrons. The average Bonchev–Trinajstić information content (AvgIpc) is 2.90. The fraction of sp³-hybridized carbons (Fsp3) is 0.241. The zero-order chi connectivity index (χ0) is 25.2. The fourth-order valence-corrected chi connectivity index (χ4v) is 4.84. The number of carbonyl (C=O) groups excluding carboxylic acids is 4. The summed E-state index contributed by atoms with van der Waals surface area (Å²) in [6.45, 7) is 5.04. The molecule has 1 heterocycles. The van der Waals surface area contributed by atoms with Crippen molar-refractivity contribution in [2.45, 2.75) is 13.5 Å². The summed E-state index contributed by atoms with van der Waals surface area (Å²) in [6, 6.07) is 19.5. The maximum atomic E-state index is 13.1. The molecule has 3 aromatic carbocycles. The third kappa shape index (κ3) is 4.57. The number of ketones is 2. The normalized spacial score (nSPS) is 15.3. The molecule has 1 fully saturated rings. The second-order valence-corrected chi connectivity index (χ2v) is 9.15. The first-order chi connectivity index (χ1) is 17.4. The van der Waals surface area contributed by atoms with Gasteiger partial charge in [0, 0.05) is 55.0 Å². The number of esters is 1. The van der Waals surface area contributed by atoms with Crippen LogP contribution in [0, 0.1) is 6.92 Å². The van der Waals surface area contributed by atoms with E-state index >= 15 is 0 Å². The van der Waals surface area contributed by atoms with Crippen LogP contribution in [0.15, 0.2) is 66.7 Å². The van der Waals surface area contributed by atoms with Crippen LogP contribution in [-0.4, -0.2) is 66.0 Å². The standard InChI is InChI=1S/C29H26N2O5/c1-19-6-4-7-20(16-19)17-30-12-14-31(15-13-30)25(32)18-36-29(35)24-11-5-10-23-26(24)28(34)22-9-3-2-8-21(22)27(23)33/h2-11,16H,12-15,17-18H2,1H3. The maximum Gasteiger partial charge on any atom is 0.339 e. The molecular weight excluding hydrogens is 456 g/mol. The second-order valence-electron chi connectivity index (χ2n) is 9.15. The molecule has 0 N–H and O–H groups in total. The summed E-state index contributed by atoms with van der Waals surface area (Å²) in [5, 5.41) is 0. The van der Waals surface area contributed by atoms with Crippen LogP contribution in [-0.2, 0) is 16.1 Å². The van der Waals surface area contributed by atoms with E-state index < -0.39 is 18.4 Å². The Morgan fingerprint density at radius 3 is 2.19 bits per heavy atom. The van der Waals surface area contributed by atoms with Crippen LogP contribution in [0.3, 0.4) is 0 Å². The van der Waals surface area contributed by atoms with Gasteiger partial charge in [0.05, 0.1) is 5.56 Å². The lowest BCUT2D eigenvalue weighted by Gasteiger charge is -2.34. The molecule has 5 rings (SSSR count). The predicted molar refractivity (Wildman–Crippen MR) is 133 cm³/mol. The molecule has 0 aromatic heterocycles. The predicted octanol–water partition coefficient (Wildman–Crippen LogP) is 3.27. The molecule has 1 amide bonds. The minimum absolute atomic E-state index is 0.00359. The summed E-state index contributed by atoms with van der Waals surface area (Å²) in [4.78, 5) is 55.6. The Bertz CT molecular complexity index is 1370. The second kappa shape index (κ2) is 9.87. The first-order valence-electron chi connectivity index (χ1n) is 12.0. The molecule has 182 valence electrons. The molecule has 2 aliphatic rings. The summed E-state index contributed by atoms with van der Waals surface area (Å²) in [7, 11) is 0. The number of hydrogen-bond acceptors (Lipinski definition) is 6. The zero-order valence-corrected chi connectivity index (χ0v) is 20.0. The lowest BCUT2D eigenvalue weighted by atomic mass is 9.82. The van der Waals surface area contributed by atoms with Gasteiger partial charge in [0.2, 0.25) is 0 Å². The molecule has 0 bridgehead atoms. The van der Waals surface area contributed by atoms with E-state index in [9.17, 15) is 19.2 Å². The van der Waals surface area contributed by atoms with Crippen molar-refractivity contribution in [2.24, 2.45) is 0 Å². The zero-order valence-electron chi connectivity index (χ0n) is 20.0. The van der Waals surface area contributed by atoms with Crippen molar-refractivity contribution < 1.29 is 23.9 Å². The summed E-state index contributed by atoms with van der Waals surface area (Å²) in [6.07, 6.45) is 0. The van der Waals surface area contributed by atoms with E-state index in [1.54, 1.807) is 35.2 Å². The van der Waals surface area contributed by atoms with E-state index in [0.29, 0.717) is 18.7 Å².